The van der Waals surface area contributed by atoms with Gasteiger partial charge in [0.15, 0.2) is 11.0 Å². The predicted octanol–water partition coefficient (Wildman–Crippen LogP) is 3.86. The van der Waals surface area contributed by atoms with Crippen LogP contribution >= 0.6 is 23.1 Å². The fraction of sp³-hybridized carbons (Fsp3) is 0.211. The smallest absolute Gasteiger partial charge is 0.262 e. The summed E-state index contributed by atoms with van der Waals surface area (Å²) in [6, 6.07) is 9.47. The normalized spacial score (nSPS) is 11.6. The van der Waals surface area contributed by atoms with Crippen molar-refractivity contribution in [2.24, 2.45) is 0 Å². The van der Waals surface area contributed by atoms with Crippen LogP contribution in [0.5, 0.6) is 0 Å². The molecule has 5 rings (SSSR count). The summed E-state index contributed by atoms with van der Waals surface area (Å²) in [7, 11) is 0. The van der Waals surface area contributed by atoms with Gasteiger partial charge in [0, 0.05) is 11.9 Å². The van der Waals surface area contributed by atoms with Crippen LogP contribution in [-0.4, -0.2) is 29.3 Å². The molecule has 0 aliphatic carbocycles. The van der Waals surface area contributed by atoms with E-state index in [0.29, 0.717) is 40.3 Å². The first kappa shape index (κ1) is 18.1. The SMILES string of the molecule is CCCn1c(=O)c2ccccc2n2c(SCc3noc(-c4ccsc4)n3)nnc12. The van der Waals surface area contributed by atoms with Gasteiger partial charge >= 0.3 is 0 Å². The van der Waals surface area contributed by atoms with Gasteiger partial charge in [-0.25, -0.2) is 0 Å². The standard InChI is InChI=1S/C19H16N6O2S2/c1-2-8-24-17(26)13-5-3-4-6-14(13)25-18(24)21-22-19(25)29-11-15-20-16(27-23-15)12-7-9-28-10-12/h3-7,9-10H,2,8,11H2,1H3. The summed E-state index contributed by atoms with van der Waals surface area (Å²) in [6.07, 6.45) is 0.831. The molecule has 0 aliphatic heterocycles. The molecule has 8 nitrogen and oxygen atoms in total. The van der Waals surface area contributed by atoms with Crippen molar-refractivity contribution in [3.05, 3.63) is 57.3 Å². The van der Waals surface area contributed by atoms with Crippen LogP contribution in [0.1, 0.15) is 19.2 Å². The van der Waals surface area contributed by atoms with Gasteiger partial charge in [-0.3, -0.25) is 13.8 Å². The molecule has 0 spiro atoms. The second kappa shape index (κ2) is 7.45. The Labute approximate surface area is 173 Å². The van der Waals surface area contributed by atoms with Gasteiger partial charge in [0.2, 0.25) is 5.78 Å². The average molecular weight is 425 g/mol. The minimum Gasteiger partial charge on any atom is -0.334 e. The first-order valence-electron chi connectivity index (χ1n) is 9.11. The van der Waals surface area contributed by atoms with Gasteiger partial charge in [0.1, 0.15) is 0 Å². The second-order valence-corrected chi connectivity index (χ2v) is 8.13. The summed E-state index contributed by atoms with van der Waals surface area (Å²) < 4.78 is 8.96. The number of thiophene rings is 1. The van der Waals surface area contributed by atoms with Gasteiger partial charge in [-0.15, -0.1) is 10.2 Å². The van der Waals surface area contributed by atoms with Gasteiger partial charge < -0.3 is 4.52 Å². The van der Waals surface area contributed by atoms with Crippen molar-refractivity contribution < 1.29 is 4.52 Å². The van der Waals surface area contributed by atoms with E-state index >= 15 is 0 Å². The molecule has 0 saturated heterocycles. The Balaban J connectivity index is 1.53. The van der Waals surface area contributed by atoms with Gasteiger partial charge in [0.25, 0.3) is 11.4 Å². The zero-order valence-corrected chi connectivity index (χ0v) is 17.1. The lowest BCUT2D eigenvalue weighted by molar-refractivity contribution is 0.425. The summed E-state index contributed by atoms with van der Waals surface area (Å²) in [6.45, 7) is 2.62. The van der Waals surface area contributed by atoms with E-state index in [1.165, 1.54) is 11.8 Å². The van der Waals surface area contributed by atoms with E-state index in [4.69, 9.17) is 4.52 Å². The molecule has 0 atom stereocenters. The Morgan fingerprint density at radius 1 is 1.21 bits per heavy atom. The van der Waals surface area contributed by atoms with Crippen LogP contribution in [0, 0.1) is 0 Å². The third kappa shape index (κ3) is 3.14. The molecule has 0 radical (unpaired) electrons. The summed E-state index contributed by atoms with van der Waals surface area (Å²) in [5.41, 5.74) is 1.66. The molecule has 0 amide bonds. The monoisotopic (exact) mass is 424 g/mol. The maximum atomic E-state index is 12.9. The fourth-order valence-electron chi connectivity index (χ4n) is 3.20. The molecule has 4 aromatic heterocycles. The molecule has 29 heavy (non-hydrogen) atoms. The molecule has 4 heterocycles. The number of aryl methyl sites for hydroxylation is 1. The third-order valence-electron chi connectivity index (χ3n) is 4.49. The molecule has 146 valence electrons. The quantitative estimate of drug-likeness (QED) is 0.382. The van der Waals surface area contributed by atoms with Crippen LogP contribution in [0.3, 0.4) is 0 Å². The highest BCUT2D eigenvalue weighted by molar-refractivity contribution is 7.98. The summed E-state index contributed by atoms with van der Waals surface area (Å²) >= 11 is 3.04. The molecule has 10 heteroatoms. The van der Waals surface area contributed by atoms with Gasteiger partial charge in [-0.2, -0.15) is 16.3 Å². The number of fused-ring (bicyclic) bond motifs is 3. The number of aromatic nitrogens is 6. The van der Waals surface area contributed by atoms with Crippen LogP contribution in [-0.2, 0) is 12.3 Å². The second-order valence-electron chi connectivity index (χ2n) is 6.41. The average Bonchev–Trinajstić information content (AvgIpc) is 3.50. The number of thioether (sulfide) groups is 1. The third-order valence-corrected chi connectivity index (χ3v) is 6.10. The van der Waals surface area contributed by atoms with E-state index < -0.39 is 0 Å². The van der Waals surface area contributed by atoms with E-state index in [0.717, 1.165) is 17.5 Å². The maximum absolute atomic E-state index is 12.9. The van der Waals surface area contributed by atoms with Gasteiger partial charge in [0.05, 0.1) is 22.2 Å². The molecule has 5 aromatic rings. The number of nitrogens with zero attached hydrogens (tertiary/aromatic N) is 6. The minimum absolute atomic E-state index is 0.0440. The summed E-state index contributed by atoms with van der Waals surface area (Å²) in [5.74, 6) is 2.12. The van der Waals surface area contributed by atoms with Crippen molar-refractivity contribution in [2.75, 3.05) is 0 Å². The minimum atomic E-state index is -0.0440. The molecular weight excluding hydrogens is 408 g/mol. The van der Waals surface area contributed by atoms with Crippen LogP contribution in [0.15, 0.2) is 55.6 Å². The Hall–Kier alpha value is -2.98. The highest BCUT2D eigenvalue weighted by atomic mass is 32.2. The summed E-state index contributed by atoms with van der Waals surface area (Å²) in [5, 5.41) is 18.0. The van der Waals surface area contributed by atoms with E-state index in [1.807, 2.05) is 52.4 Å². The lowest BCUT2D eigenvalue weighted by Gasteiger charge is -2.10. The van der Waals surface area contributed by atoms with Gasteiger partial charge in [-0.1, -0.05) is 36.0 Å². The lowest BCUT2D eigenvalue weighted by atomic mass is 10.2. The van der Waals surface area contributed by atoms with E-state index in [9.17, 15) is 4.79 Å². The molecule has 0 unspecified atom stereocenters. The predicted molar refractivity (Wildman–Crippen MR) is 112 cm³/mol. The molecule has 0 bridgehead atoms. The van der Waals surface area contributed by atoms with Gasteiger partial charge in [-0.05, 0) is 30.0 Å². The Bertz CT molecular complexity index is 1350. The van der Waals surface area contributed by atoms with Crippen molar-refractivity contribution in [2.45, 2.75) is 30.8 Å². The maximum Gasteiger partial charge on any atom is 0.262 e. The zero-order valence-electron chi connectivity index (χ0n) is 15.5. The van der Waals surface area contributed by atoms with Crippen molar-refractivity contribution in [1.82, 2.24) is 29.3 Å². The molecule has 1 aromatic carbocycles. The highest BCUT2D eigenvalue weighted by Crippen LogP contribution is 2.25. The van der Waals surface area contributed by atoms with Crippen molar-refractivity contribution in [1.29, 1.82) is 0 Å². The molecular formula is C19H16N6O2S2. The lowest BCUT2D eigenvalue weighted by Crippen LogP contribution is -2.23. The number of benzene rings is 1. The number of hydrogen-bond acceptors (Lipinski definition) is 8. The topological polar surface area (TPSA) is 91.1 Å². The van der Waals surface area contributed by atoms with Crippen molar-refractivity contribution in [3.63, 3.8) is 0 Å². The Morgan fingerprint density at radius 2 is 2.10 bits per heavy atom. The van der Waals surface area contributed by atoms with Crippen LogP contribution < -0.4 is 5.56 Å². The van der Waals surface area contributed by atoms with Crippen LogP contribution in [0.2, 0.25) is 0 Å². The summed E-state index contributed by atoms with van der Waals surface area (Å²) in [4.78, 5) is 17.3. The van der Waals surface area contributed by atoms with E-state index in [-0.39, 0.29) is 5.56 Å². The first-order chi connectivity index (χ1) is 14.3. The number of hydrogen-bond donors (Lipinski definition) is 0. The van der Waals surface area contributed by atoms with E-state index in [2.05, 4.69) is 20.3 Å². The Kier molecular flexibility index (Phi) is 4.64. The van der Waals surface area contributed by atoms with Crippen LogP contribution in [0.4, 0.5) is 0 Å². The molecule has 0 aliphatic rings. The number of rotatable bonds is 6. The number of para-hydroxylation sites is 1. The Morgan fingerprint density at radius 3 is 2.93 bits per heavy atom. The molecule has 0 fully saturated rings. The van der Waals surface area contributed by atoms with Crippen molar-refractivity contribution >= 4 is 39.8 Å². The highest BCUT2D eigenvalue weighted by Gasteiger charge is 2.17. The first-order valence-corrected chi connectivity index (χ1v) is 11.0. The van der Waals surface area contributed by atoms with Crippen molar-refractivity contribution in [3.8, 4) is 11.5 Å². The molecule has 0 N–H and O–H groups in total. The largest absolute Gasteiger partial charge is 0.334 e. The van der Waals surface area contributed by atoms with Crippen LogP contribution in [0.25, 0.3) is 28.1 Å². The fourth-order valence-corrected chi connectivity index (χ4v) is 4.61. The zero-order chi connectivity index (χ0) is 19.8. The van der Waals surface area contributed by atoms with E-state index in [1.54, 1.807) is 15.9 Å². The molecule has 0 saturated carbocycles.